The molecule has 0 bridgehead atoms. The van der Waals surface area contributed by atoms with Gasteiger partial charge < -0.3 is 15.2 Å². The molecule has 5 nitrogen and oxygen atoms in total. The van der Waals surface area contributed by atoms with Crippen molar-refractivity contribution in [3.05, 3.63) is 0 Å². The summed E-state index contributed by atoms with van der Waals surface area (Å²) in [6.45, 7) is 5.32. The summed E-state index contributed by atoms with van der Waals surface area (Å²) < 4.78 is 5.19. The molecule has 0 aromatic heterocycles. The molecule has 0 aromatic rings. The van der Waals surface area contributed by atoms with E-state index in [0.717, 1.165) is 24.7 Å². The van der Waals surface area contributed by atoms with E-state index in [0.29, 0.717) is 12.3 Å². The zero-order chi connectivity index (χ0) is 18.4. The summed E-state index contributed by atoms with van der Waals surface area (Å²) in [6, 6.07) is -0.855. The van der Waals surface area contributed by atoms with Gasteiger partial charge in [-0.05, 0) is 57.8 Å². The number of aliphatic carboxylic acids is 1. The van der Waals surface area contributed by atoms with E-state index >= 15 is 0 Å². The Kier molecular flexibility index (Phi) is 7.14. The van der Waals surface area contributed by atoms with Crippen LogP contribution in [0.3, 0.4) is 0 Å². The van der Waals surface area contributed by atoms with Crippen LogP contribution < -0.4 is 5.32 Å². The highest BCUT2D eigenvalue weighted by Crippen LogP contribution is 2.40. The van der Waals surface area contributed by atoms with Gasteiger partial charge in [-0.1, -0.05) is 44.9 Å². The second-order valence-electron chi connectivity index (χ2n) is 8.95. The second kappa shape index (κ2) is 8.91. The number of rotatable bonds is 5. The molecular formula is C20H35NO4. The van der Waals surface area contributed by atoms with Crippen LogP contribution in [0.1, 0.15) is 85.0 Å². The van der Waals surface area contributed by atoms with Gasteiger partial charge in [0.1, 0.15) is 11.6 Å². The predicted octanol–water partition coefficient (Wildman–Crippen LogP) is 4.74. The topological polar surface area (TPSA) is 75.6 Å². The molecule has 1 amide bonds. The molecule has 0 spiro atoms. The third-order valence-electron chi connectivity index (χ3n) is 5.77. The van der Waals surface area contributed by atoms with Gasteiger partial charge in [0.05, 0.1) is 0 Å². The number of nitrogens with one attached hydrogen (secondary N) is 1. The molecule has 0 heterocycles. The van der Waals surface area contributed by atoms with Crippen molar-refractivity contribution in [3.8, 4) is 0 Å². The number of carboxylic acid groups (broad SMARTS) is 1. The van der Waals surface area contributed by atoms with Crippen LogP contribution in [0.15, 0.2) is 0 Å². The van der Waals surface area contributed by atoms with Gasteiger partial charge in [-0.15, -0.1) is 0 Å². The van der Waals surface area contributed by atoms with Crippen molar-refractivity contribution in [1.82, 2.24) is 5.32 Å². The molecule has 5 heteroatoms. The van der Waals surface area contributed by atoms with E-state index in [1.807, 2.05) is 0 Å². The third-order valence-corrected chi connectivity index (χ3v) is 5.77. The molecule has 0 aromatic carbocycles. The largest absolute Gasteiger partial charge is 0.480 e. The molecule has 25 heavy (non-hydrogen) atoms. The Morgan fingerprint density at radius 1 is 1.00 bits per heavy atom. The summed E-state index contributed by atoms with van der Waals surface area (Å²) in [5.74, 6) is 1.14. The van der Waals surface area contributed by atoms with Crippen molar-refractivity contribution in [3.63, 3.8) is 0 Å². The van der Waals surface area contributed by atoms with Crippen molar-refractivity contribution in [2.45, 2.75) is 96.6 Å². The Labute approximate surface area is 151 Å². The number of carbonyl (C=O) groups excluding carboxylic acids is 1. The highest BCUT2D eigenvalue weighted by atomic mass is 16.6. The molecule has 1 atom stereocenters. The van der Waals surface area contributed by atoms with Gasteiger partial charge in [0.15, 0.2) is 0 Å². The Morgan fingerprint density at radius 2 is 1.56 bits per heavy atom. The molecule has 0 saturated heterocycles. The molecule has 2 saturated carbocycles. The number of carboxylic acids is 1. The average molecular weight is 354 g/mol. The van der Waals surface area contributed by atoms with E-state index in [1.54, 1.807) is 20.8 Å². The maximum atomic E-state index is 11.9. The fourth-order valence-electron chi connectivity index (χ4n) is 4.51. The van der Waals surface area contributed by atoms with Gasteiger partial charge in [-0.25, -0.2) is 9.59 Å². The monoisotopic (exact) mass is 353 g/mol. The van der Waals surface area contributed by atoms with Gasteiger partial charge in [0, 0.05) is 0 Å². The molecule has 2 rings (SSSR count). The Balaban J connectivity index is 1.78. The molecule has 0 aliphatic heterocycles. The van der Waals surface area contributed by atoms with E-state index in [9.17, 15) is 14.7 Å². The van der Waals surface area contributed by atoms with Gasteiger partial charge in [-0.3, -0.25) is 0 Å². The summed E-state index contributed by atoms with van der Waals surface area (Å²) in [4.78, 5) is 23.4. The van der Waals surface area contributed by atoms with Crippen LogP contribution in [-0.2, 0) is 9.53 Å². The minimum Gasteiger partial charge on any atom is -0.480 e. The van der Waals surface area contributed by atoms with Crippen molar-refractivity contribution in [2.24, 2.45) is 17.8 Å². The molecule has 2 N–H and O–H groups in total. The van der Waals surface area contributed by atoms with Gasteiger partial charge in [-0.2, -0.15) is 0 Å². The Hall–Kier alpha value is -1.26. The van der Waals surface area contributed by atoms with Crippen molar-refractivity contribution in [1.29, 1.82) is 0 Å². The molecule has 2 aliphatic carbocycles. The molecule has 2 aliphatic rings. The lowest BCUT2D eigenvalue weighted by Gasteiger charge is -2.36. The maximum absolute atomic E-state index is 11.9. The van der Waals surface area contributed by atoms with Crippen molar-refractivity contribution >= 4 is 12.1 Å². The van der Waals surface area contributed by atoms with E-state index in [4.69, 9.17) is 4.74 Å². The number of hydrogen-bond donors (Lipinski definition) is 2. The SMILES string of the molecule is CC(C)(C)OC(=O)N[C@@H](CC1CCC(C2CCCCC2)CC1)C(=O)O. The number of hydrogen-bond acceptors (Lipinski definition) is 3. The first-order valence-corrected chi connectivity index (χ1v) is 9.97. The standard InChI is InChI=1S/C20H35NO4/c1-20(2,3)25-19(24)21-17(18(22)23)13-14-9-11-16(12-10-14)15-7-5-4-6-8-15/h14-17H,4-13H2,1-3H3,(H,21,24)(H,22,23)/t14?,16?,17-/m0/s1. The first-order chi connectivity index (χ1) is 11.7. The van der Waals surface area contributed by atoms with Crippen LogP contribution in [0.4, 0.5) is 4.79 Å². The average Bonchev–Trinajstić information content (AvgIpc) is 2.54. The summed E-state index contributed by atoms with van der Waals surface area (Å²) in [6.07, 6.45) is 11.4. The normalized spacial score (nSPS) is 26.7. The van der Waals surface area contributed by atoms with Crippen LogP contribution in [-0.4, -0.2) is 28.8 Å². The minimum atomic E-state index is -0.972. The van der Waals surface area contributed by atoms with E-state index in [-0.39, 0.29) is 0 Å². The minimum absolute atomic E-state index is 0.385. The highest BCUT2D eigenvalue weighted by Gasteiger charge is 2.32. The smallest absolute Gasteiger partial charge is 0.408 e. The molecule has 0 unspecified atom stereocenters. The van der Waals surface area contributed by atoms with Crippen LogP contribution >= 0.6 is 0 Å². The van der Waals surface area contributed by atoms with E-state index < -0.39 is 23.7 Å². The Morgan fingerprint density at radius 3 is 2.08 bits per heavy atom. The van der Waals surface area contributed by atoms with Gasteiger partial charge in [0.25, 0.3) is 0 Å². The fourth-order valence-corrected chi connectivity index (χ4v) is 4.51. The summed E-state index contributed by atoms with van der Waals surface area (Å²) in [5, 5.41) is 12.0. The summed E-state index contributed by atoms with van der Waals surface area (Å²) >= 11 is 0. The lowest BCUT2D eigenvalue weighted by molar-refractivity contribution is -0.140. The van der Waals surface area contributed by atoms with E-state index in [1.165, 1.54) is 44.9 Å². The Bertz CT molecular complexity index is 443. The molecule has 2 fully saturated rings. The predicted molar refractivity (Wildman–Crippen MR) is 97.4 cm³/mol. The lowest BCUT2D eigenvalue weighted by atomic mass is 9.70. The lowest BCUT2D eigenvalue weighted by Crippen LogP contribution is -2.44. The zero-order valence-corrected chi connectivity index (χ0v) is 16.1. The molecule has 0 radical (unpaired) electrons. The van der Waals surface area contributed by atoms with Crippen molar-refractivity contribution < 1.29 is 19.4 Å². The molecular weight excluding hydrogens is 318 g/mol. The van der Waals surface area contributed by atoms with Crippen LogP contribution in [0.2, 0.25) is 0 Å². The summed E-state index contributed by atoms with van der Waals surface area (Å²) in [5.41, 5.74) is -0.620. The van der Waals surface area contributed by atoms with Crippen molar-refractivity contribution in [2.75, 3.05) is 0 Å². The zero-order valence-electron chi connectivity index (χ0n) is 16.1. The van der Waals surface area contributed by atoms with Crippen LogP contribution in [0.25, 0.3) is 0 Å². The number of amides is 1. The highest BCUT2D eigenvalue weighted by molar-refractivity contribution is 5.80. The quantitative estimate of drug-likeness (QED) is 0.748. The molecule has 144 valence electrons. The first-order valence-electron chi connectivity index (χ1n) is 9.97. The number of ether oxygens (including phenoxy) is 1. The first kappa shape index (κ1) is 20.1. The number of carbonyl (C=O) groups is 2. The third kappa shape index (κ3) is 6.87. The van der Waals surface area contributed by atoms with Gasteiger partial charge in [0.2, 0.25) is 0 Å². The summed E-state index contributed by atoms with van der Waals surface area (Å²) in [7, 11) is 0. The van der Waals surface area contributed by atoms with E-state index in [2.05, 4.69) is 5.32 Å². The van der Waals surface area contributed by atoms with Crippen LogP contribution in [0, 0.1) is 17.8 Å². The fraction of sp³-hybridized carbons (Fsp3) is 0.900. The number of alkyl carbamates (subject to hydrolysis) is 1. The maximum Gasteiger partial charge on any atom is 0.408 e. The second-order valence-corrected chi connectivity index (χ2v) is 8.95. The van der Waals surface area contributed by atoms with Gasteiger partial charge >= 0.3 is 12.1 Å². The van der Waals surface area contributed by atoms with Crippen LogP contribution in [0.5, 0.6) is 0 Å².